The van der Waals surface area contributed by atoms with E-state index in [2.05, 4.69) is 17.6 Å². The van der Waals surface area contributed by atoms with Gasteiger partial charge in [-0.05, 0) is 38.8 Å². The molecule has 0 aromatic carbocycles. The molecule has 1 amide bonds. The number of furan rings is 1. The minimum Gasteiger partial charge on any atom is -0.467 e. The number of ether oxygens (including phenoxy) is 1. The quantitative estimate of drug-likeness (QED) is 0.846. The van der Waals surface area contributed by atoms with Gasteiger partial charge in [0.25, 0.3) is 0 Å². The Morgan fingerprint density at radius 1 is 1.58 bits per heavy atom. The summed E-state index contributed by atoms with van der Waals surface area (Å²) in [6.45, 7) is 5.15. The molecule has 5 nitrogen and oxygen atoms in total. The molecular weight excluding hydrogens is 244 g/mol. The normalized spacial score (nSPS) is 24.9. The monoisotopic (exact) mass is 266 g/mol. The summed E-state index contributed by atoms with van der Waals surface area (Å²) >= 11 is 0. The molecule has 1 fully saturated rings. The van der Waals surface area contributed by atoms with E-state index in [1.807, 2.05) is 19.1 Å². The highest BCUT2D eigenvalue weighted by Gasteiger charge is 2.23. The number of carbonyl (C=O) groups is 1. The standard InChI is InChI=1S/C14H22N2O3/c1-10-8-12(5-7-18-10)16-11(2)14(17)15-9-13-4-3-6-19-13/h3-4,6,10-12,16H,5,7-9H2,1-2H3,(H,15,17). The molecule has 0 aliphatic carbocycles. The Hall–Kier alpha value is -1.33. The van der Waals surface area contributed by atoms with E-state index in [1.165, 1.54) is 0 Å². The molecule has 0 spiro atoms. The number of carbonyl (C=O) groups excluding carboxylic acids is 1. The predicted molar refractivity (Wildman–Crippen MR) is 71.6 cm³/mol. The molecule has 0 bridgehead atoms. The van der Waals surface area contributed by atoms with Gasteiger partial charge in [-0.1, -0.05) is 0 Å². The first-order valence-electron chi connectivity index (χ1n) is 6.83. The van der Waals surface area contributed by atoms with Gasteiger partial charge in [-0.3, -0.25) is 4.79 Å². The number of nitrogens with one attached hydrogen (secondary N) is 2. The molecular formula is C14H22N2O3. The maximum atomic E-state index is 11.9. The van der Waals surface area contributed by atoms with Gasteiger partial charge in [-0.2, -0.15) is 0 Å². The Kier molecular flexibility index (Phi) is 4.99. The summed E-state index contributed by atoms with van der Waals surface area (Å²) < 4.78 is 10.7. The van der Waals surface area contributed by atoms with Gasteiger partial charge in [0.2, 0.25) is 5.91 Å². The molecule has 1 aromatic heterocycles. The second kappa shape index (κ2) is 6.73. The van der Waals surface area contributed by atoms with Crippen LogP contribution in [0.25, 0.3) is 0 Å². The SMILES string of the molecule is CC1CC(NC(C)C(=O)NCc2ccco2)CCO1. The second-order valence-electron chi connectivity index (χ2n) is 5.09. The number of hydrogen-bond acceptors (Lipinski definition) is 4. The summed E-state index contributed by atoms with van der Waals surface area (Å²) in [7, 11) is 0. The lowest BCUT2D eigenvalue weighted by Gasteiger charge is -2.30. The van der Waals surface area contributed by atoms with Crippen molar-refractivity contribution in [2.24, 2.45) is 0 Å². The van der Waals surface area contributed by atoms with E-state index in [-0.39, 0.29) is 18.1 Å². The van der Waals surface area contributed by atoms with Crippen molar-refractivity contribution < 1.29 is 13.9 Å². The maximum absolute atomic E-state index is 11.9. The van der Waals surface area contributed by atoms with Crippen molar-refractivity contribution >= 4 is 5.91 Å². The number of rotatable bonds is 5. The van der Waals surface area contributed by atoms with Crippen LogP contribution in [0, 0.1) is 0 Å². The van der Waals surface area contributed by atoms with Crippen LogP contribution in [0.15, 0.2) is 22.8 Å². The van der Waals surface area contributed by atoms with Gasteiger partial charge in [0.1, 0.15) is 5.76 Å². The highest BCUT2D eigenvalue weighted by Crippen LogP contribution is 2.13. The van der Waals surface area contributed by atoms with Gasteiger partial charge < -0.3 is 19.8 Å². The third-order valence-corrected chi connectivity index (χ3v) is 3.38. The highest BCUT2D eigenvalue weighted by atomic mass is 16.5. The molecule has 19 heavy (non-hydrogen) atoms. The lowest BCUT2D eigenvalue weighted by molar-refractivity contribution is -0.123. The van der Waals surface area contributed by atoms with Crippen LogP contribution in [0.5, 0.6) is 0 Å². The van der Waals surface area contributed by atoms with Gasteiger partial charge in [0.05, 0.1) is 25.0 Å². The van der Waals surface area contributed by atoms with Crippen LogP contribution in [0.3, 0.4) is 0 Å². The highest BCUT2D eigenvalue weighted by molar-refractivity contribution is 5.81. The molecule has 2 rings (SSSR count). The van der Waals surface area contributed by atoms with E-state index in [0.29, 0.717) is 12.6 Å². The average Bonchev–Trinajstić information content (AvgIpc) is 2.89. The van der Waals surface area contributed by atoms with E-state index in [9.17, 15) is 4.79 Å². The minimum atomic E-state index is -0.203. The zero-order valence-electron chi connectivity index (χ0n) is 11.5. The Balaban J connectivity index is 1.72. The van der Waals surface area contributed by atoms with E-state index >= 15 is 0 Å². The topological polar surface area (TPSA) is 63.5 Å². The molecule has 2 N–H and O–H groups in total. The van der Waals surface area contributed by atoms with Crippen molar-refractivity contribution in [2.75, 3.05) is 6.61 Å². The smallest absolute Gasteiger partial charge is 0.237 e. The van der Waals surface area contributed by atoms with E-state index < -0.39 is 0 Å². The number of hydrogen-bond donors (Lipinski definition) is 2. The average molecular weight is 266 g/mol. The zero-order valence-corrected chi connectivity index (χ0v) is 11.5. The van der Waals surface area contributed by atoms with Gasteiger partial charge in [0, 0.05) is 12.6 Å². The van der Waals surface area contributed by atoms with Crippen LogP contribution in [-0.4, -0.2) is 30.7 Å². The third-order valence-electron chi connectivity index (χ3n) is 3.38. The van der Waals surface area contributed by atoms with Crippen molar-refractivity contribution in [2.45, 2.75) is 51.4 Å². The van der Waals surface area contributed by atoms with Crippen LogP contribution in [0.1, 0.15) is 32.4 Å². The molecule has 1 saturated heterocycles. The second-order valence-corrected chi connectivity index (χ2v) is 5.09. The lowest BCUT2D eigenvalue weighted by atomic mass is 10.0. The van der Waals surface area contributed by atoms with Crippen LogP contribution in [-0.2, 0) is 16.1 Å². The maximum Gasteiger partial charge on any atom is 0.237 e. The van der Waals surface area contributed by atoms with Crippen LogP contribution >= 0.6 is 0 Å². The van der Waals surface area contributed by atoms with E-state index in [0.717, 1.165) is 25.2 Å². The molecule has 3 atom stereocenters. The third kappa shape index (κ3) is 4.36. The Morgan fingerprint density at radius 2 is 2.42 bits per heavy atom. The summed E-state index contributed by atoms with van der Waals surface area (Å²) in [5, 5.41) is 6.22. The molecule has 1 aliphatic rings. The first kappa shape index (κ1) is 14.1. The van der Waals surface area contributed by atoms with Gasteiger partial charge >= 0.3 is 0 Å². The van der Waals surface area contributed by atoms with Crippen molar-refractivity contribution in [1.82, 2.24) is 10.6 Å². The first-order chi connectivity index (χ1) is 9.15. The molecule has 3 unspecified atom stereocenters. The van der Waals surface area contributed by atoms with Gasteiger partial charge in [-0.15, -0.1) is 0 Å². The van der Waals surface area contributed by atoms with Crippen LogP contribution in [0.4, 0.5) is 0 Å². The fourth-order valence-corrected chi connectivity index (χ4v) is 2.32. The van der Waals surface area contributed by atoms with E-state index in [1.54, 1.807) is 6.26 Å². The lowest BCUT2D eigenvalue weighted by Crippen LogP contribution is -2.49. The Labute approximate surface area is 113 Å². The summed E-state index contributed by atoms with van der Waals surface area (Å²) in [4.78, 5) is 11.9. The van der Waals surface area contributed by atoms with E-state index in [4.69, 9.17) is 9.15 Å². The van der Waals surface area contributed by atoms with Gasteiger partial charge in [-0.25, -0.2) is 0 Å². The molecule has 106 valence electrons. The van der Waals surface area contributed by atoms with Crippen molar-refractivity contribution in [1.29, 1.82) is 0 Å². The largest absolute Gasteiger partial charge is 0.467 e. The number of amides is 1. The Bertz CT molecular complexity index is 391. The molecule has 0 radical (unpaired) electrons. The summed E-state index contributed by atoms with van der Waals surface area (Å²) in [5.74, 6) is 0.760. The van der Waals surface area contributed by atoms with Crippen LogP contribution in [0.2, 0.25) is 0 Å². The molecule has 2 heterocycles. The Morgan fingerprint density at radius 3 is 3.11 bits per heavy atom. The fourth-order valence-electron chi connectivity index (χ4n) is 2.32. The first-order valence-corrected chi connectivity index (χ1v) is 6.83. The molecule has 0 saturated carbocycles. The molecule has 1 aliphatic heterocycles. The van der Waals surface area contributed by atoms with Crippen molar-refractivity contribution in [3.8, 4) is 0 Å². The van der Waals surface area contributed by atoms with Crippen molar-refractivity contribution in [3.63, 3.8) is 0 Å². The summed E-state index contributed by atoms with van der Waals surface area (Å²) in [6, 6.07) is 3.81. The summed E-state index contributed by atoms with van der Waals surface area (Å²) in [5.41, 5.74) is 0. The predicted octanol–water partition coefficient (Wildman–Crippen LogP) is 1.44. The summed E-state index contributed by atoms with van der Waals surface area (Å²) in [6.07, 6.45) is 3.78. The molecule has 1 aromatic rings. The van der Waals surface area contributed by atoms with Crippen molar-refractivity contribution in [3.05, 3.63) is 24.2 Å². The van der Waals surface area contributed by atoms with Gasteiger partial charge in [0.15, 0.2) is 0 Å². The van der Waals surface area contributed by atoms with Crippen LogP contribution < -0.4 is 10.6 Å². The zero-order chi connectivity index (χ0) is 13.7. The molecule has 5 heteroatoms. The fraction of sp³-hybridized carbons (Fsp3) is 0.643. The minimum absolute atomic E-state index is 0.00413.